The van der Waals surface area contributed by atoms with Gasteiger partial charge in [-0.3, -0.25) is 4.79 Å². The molecule has 0 radical (unpaired) electrons. The Kier molecular flexibility index (Phi) is 6.27. The smallest absolute Gasteiger partial charge is 0.407 e. The number of nitrogens with one attached hydrogen (secondary N) is 2. The number of halogens is 2. The van der Waals surface area contributed by atoms with E-state index in [0.717, 1.165) is 12.1 Å². The summed E-state index contributed by atoms with van der Waals surface area (Å²) < 4.78 is 31.1. The molecular formula is C15H20F2N2O3. The zero-order valence-corrected chi connectivity index (χ0v) is 12.8. The summed E-state index contributed by atoms with van der Waals surface area (Å²) >= 11 is 0. The van der Waals surface area contributed by atoms with Crippen LogP contribution in [-0.4, -0.2) is 30.7 Å². The van der Waals surface area contributed by atoms with Crippen molar-refractivity contribution in [3.63, 3.8) is 0 Å². The third-order valence-electron chi connectivity index (χ3n) is 2.48. The van der Waals surface area contributed by atoms with Crippen LogP contribution >= 0.6 is 0 Å². The molecule has 0 bridgehead atoms. The van der Waals surface area contributed by atoms with Crippen LogP contribution in [0.4, 0.5) is 13.6 Å². The molecule has 22 heavy (non-hydrogen) atoms. The highest BCUT2D eigenvalue weighted by molar-refractivity contribution is 5.94. The highest BCUT2D eigenvalue weighted by atomic mass is 19.1. The second kappa shape index (κ2) is 7.72. The number of carbonyl (C=O) groups is 2. The van der Waals surface area contributed by atoms with E-state index in [1.54, 1.807) is 20.8 Å². The monoisotopic (exact) mass is 314 g/mol. The van der Waals surface area contributed by atoms with Crippen molar-refractivity contribution in [1.82, 2.24) is 10.6 Å². The molecule has 122 valence electrons. The lowest BCUT2D eigenvalue weighted by molar-refractivity contribution is 0.0527. The fourth-order valence-electron chi connectivity index (χ4n) is 1.56. The van der Waals surface area contributed by atoms with Gasteiger partial charge >= 0.3 is 6.09 Å². The first-order valence-electron chi connectivity index (χ1n) is 6.89. The number of ether oxygens (including phenoxy) is 1. The second-order valence-electron chi connectivity index (χ2n) is 5.66. The van der Waals surface area contributed by atoms with Crippen molar-refractivity contribution in [3.05, 3.63) is 35.4 Å². The molecule has 0 aliphatic rings. The van der Waals surface area contributed by atoms with Crippen molar-refractivity contribution >= 4 is 12.0 Å². The molecule has 1 aromatic carbocycles. The summed E-state index contributed by atoms with van der Waals surface area (Å²) in [5.74, 6) is -2.28. The zero-order valence-electron chi connectivity index (χ0n) is 12.8. The molecule has 0 saturated carbocycles. The molecule has 5 nitrogen and oxygen atoms in total. The highest BCUT2D eigenvalue weighted by Crippen LogP contribution is 2.09. The first-order valence-corrected chi connectivity index (χ1v) is 6.89. The standard InChI is InChI=1S/C15H20F2N2O3/c1-15(2,3)22-14(21)19-8-4-7-18-13(20)11-6-5-10(16)9-12(11)17/h5-6,9H,4,7-8H2,1-3H3,(H,18,20)(H,19,21). The first kappa shape index (κ1) is 17.9. The second-order valence-corrected chi connectivity index (χ2v) is 5.66. The van der Waals surface area contributed by atoms with Crippen LogP contribution in [0.1, 0.15) is 37.6 Å². The molecule has 0 aliphatic carbocycles. The number of benzene rings is 1. The van der Waals surface area contributed by atoms with E-state index in [1.807, 2.05) is 0 Å². The maximum atomic E-state index is 13.4. The van der Waals surface area contributed by atoms with Gasteiger partial charge in [-0.05, 0) is 39.3 Å². The Labute approximate surface area is 128 Å². The zero-order chi connectivity index (χ0) is 16.8. The van der Waals surface area contributed by atoms with Gasteiger partial charge in [0.15, 0.2) is 0 Å². The summed E-state index contributed by atoms with van der Waals surface area (Å²) in [6.07, 6.45) is -0.0863. The normalized spacial score (nSPS) is 11.0. The Hall–Kier alpha value is -2.18. The van der Waals surface area contributed by atoms with Crippen LogP contribution in [0.5, 0.6) is 0 Å². The molecule has 2 amide bonds. The van der Waals surface area contributed by atoms with Gasteiger partial charge in [0.1, 0.15) is 17.2 Å². The summed E-state index contributed by atoms with van der Waals surface area (Å²) in [6, 6.07) is 2.75. The van der Waals surface area contributed by atoms with E-state index in [4.69, 9.17) is 4.74 Å². The van der Waals surface area contributed by atoms with Gasteiger partial charge < -0.3 is 15.4 Å². The number of carbonyl (C=O) groups excluding carboxylic acids is 2. The maximum Gasteiger partial charge on any atom is 0.407 e. The number of rotatable bonds is 5. The van der Waals surface area contributed by atoms with Crippen LogP contribution in [0.25, 0.3) is 0 Å². The van der Waals surface area contributed by atoms with Crippen LogP contribution < -0.4 is 10.6 Å². The molecule has 0 fully saturated rings. The average Bonchev–Trinajstić information content (AvgIpc) is 2.35. The van der Waals surface area contributed by atoms with Gasteiger partial charge in [0, 0.05) is 19.2 Å². The third kappa shape index (κ3) is 6.51. The molecule has 0 saturated heterocycles. The minimum atomic E-state index is -0.913. The van der Waals surface area contributed by atoms with Crippen LogP contribution in [0.3, 0.4) is 0 Å². The Morgan fingerprint density at radius 3 is 2.36 bits per heavy atom. The highest BCUT2D eigenvalue weighted by Gasteiger charge is 2.15. The molecule has 0 aromatic heterocycles. The quantitative estimate of drug-likeness (QED) is 0.821. The molecule has 7 heteroatoms. The average molecular weight is 314 g/mol. The van der Waals surface area contributed by atoms with E-state index < -0.39 is 29.2 Å². The van der Waals surface area contributed by atoms with Gasteiger partial charge in [-0.15, -0.1) is 0 Å². The molecular weight excluding hydrogens is 294 g/mol. The van der Waals surface area contributed by atoms with E-state index in [2.05, 4.69) is 10.6 Å². The third-order valence-corrected chi connectivity index (χ3v) is 2.48. The van der Waals surface area contributed by atoms with Gasteiger partial charge in [0.05, 0.1) is 5.56 Å². The number of hydrogen-bond acceptors (Lipinski definition) is 3. The van der Waals surface area contributed by atoms with Gasteiger partial charge in [-0.25, -0.2) is 13.6 Å². The Bertz CT molecular complexity index is 542. The molecule has 0 spiro atoms. The van der Waals surface area contributed by atoms with Gasteiger partial charge in [-0.2, -0.15) is 0 Å². The van der Waals surface area contributed by atoms with Crippen molar-refractivity contribution in [2.24, 2.45) is 0 Å². The number of amides is 2. The van der Waals surface area contributed by atoms with Crippen molar-refractivity contribution < 1.29 is 23.1 Å². The fourth-order valence-corrected chi connectivity index (χ4v) is 1.56. The lowest BCUT2D eigenvalue weighted by Crippen LogP contribution is -2.34. The van der Waals surface area contributed by atoms with Gasteiger partial charge in [0.2, 0.25) is 0 Å². The molecule has 0 atom stereocenters. The van der Waals surface area contributed by atoms with Crippen molar-refractivity contribution in [2.45, 2.75) is 32.8 Å². The van der Waals surface area contributed by atoms with E-state index in [-0.39, 0.29) is 12.1 Å². The van der Waals surface area contributed by atoms with Crippen LogP contribution in [0.15, 0.2) is 18.2 Å². The molecule has 2 N–H and O–H groups in total. The minimum Gasteiger partial charge on any atom is -0.444 e. The Morgan fingerprint density at radius 1 is 1.14 bits per heavy atom. The van der Waals surface area contributed by atoms with Crippen molar-refractivity contribution in [3.8, 4) is 0 Å². The minimum absolute atomic E-state index is 0.221. The van der Waals surface area contributed by atoms with Crippen molar-refractivity contribution in [1.29, 1.82) is 0 Å². The molecule has 0 heterocycles. The van der Waals surface area contributed by atoms with E-state index in [1.165, 1.54) is 0 Å². The summed E-state index contributed by atoms with van der Waals surface area (Å²) in [5, 5.41) is 5.02. The molecule has 1 rings (SSSR count). The Morgan fingerprint density at radius 2 is 1.77 bits per heavy atom. The summed E-state index contributed by atoms with van der Waals surface area (Å²) in [6.45, 7) is 5.81. The van der Waals surface area contributed by atoms with Crippen LogP contribution in [0, 0.1) is 11.6 Å². The lowest BCUT2D eigenvalue weighted by atomic mass is 10.2. The van der Waals surface area contributed by atoms with Crippen LogP contribution in [0.2, 0.25) is 0 Å². The predicted octanol–water partition coefficient (Wildman–Crippen LogP) is 2.61. The molecule has 0 aliphatic heterocycles. The van der Waals surface area contributed by atoms with E-state index in [9.17, 15) is 18.4 Å². The maximum absolute atomic E-state index is 13.4. The van der Waals surface area contributed by atoms with E-state index in [0.29, 0.717) is 19.0 Å². The van der Waals surface area contributed by atoms with E-state index >= 15 is 0 Å². The fraction of sp³-hybridized carbons (Fsp3) is 0.467. The topological polar surface area (TPSA) is 67.4 Å². The van der Waals surface area contributed by atoms with Crippen LogP contribution in [-0.2, 0) is 4.74 Å². The number of hydrogen-bond donors (Lipinski definition) is 2. The van der Waals surface area contributed by atoms with Crippen molar-refractivity contribution in [2.75, 3.05) is 13.1 Å². The number of alkyl carbamates (subject to hydrolysis) is 1. The predicted molar refractivity (Wildman–Crippen MR) is 77.5 cm³/mol. The van der Waals surface area contributed by atoms with Gasteiger partial charge in [0.25, 0.3) is 5.91 Å². The SMILES string of the molecule is CC(C)(C)OC(=O)NCCCNC(=O)c1ccc(F)cc1F. The summed E-state index contributed by atoms with van der Waals surface area (Å²) in [4.78, 5) is 23.0. The summed E-state index contributed by atoms with van der Waals surface area (Å²) in [5.41, 5.74) is -0.792. The van der Waals surface area contributed by atoms with Gasteiger partial charge in [-0.1, -0.05) is 0 Å². The first-order chi connectivity index (χ1) is 10.2. The Balaban J connectivity index is 2.27. The lowest BCUT2D eigenvalue weighted by Gasteiger charge is -2.19. The molecule has 1 aromatic rings. The molecule has 0 unspecified atom stereocenters. The summed E-state index contributed by atoms with van der Waals surface area (Å²) in [7, 11) is 0. The largest absolute Gasteiger partial charge is 0.444 e.